The third-order valence-electron chi connectivity index (χ3n) is 9.52. The molecule has 4 rings (SSSR count). The summed E-state index contributed by atoms with van der Waals surface area (Å²) in [7, 11) is -1.05. The van der Waals surface area contributed by atoms with E-state index in [1.807, 2.05) is 0 Å². The van der Waals surface area contributed by atoms with Crippen LogP contribution in [-0.4, -0.2) is 45.6 Å². The van der Waals surface area contributed by atoms with E-state index < -0.39 is 32.9 Å². The zero-order valence-electron chi connectivity index (χ0n) is 20.1. The summed E-state index contributed by atoms with van der Waals surface area (Å²) in [5.74, 6) is -1.26. The summed E-state index contributed by atoms with van der Waals surface area (Å²) in [6, 6.07) is 0. The Kier molecular flexibility index (Phi) is 5.47. The minimum atomic E-state index is -3.60. The van der Waals surface area contributed by atoms with Crippen molar-refractivity contribution in [2.45, 2.75) is 65.0 Å². The number of fused-ring (bicyclic) bond motifs is 5. The summed E-state index contributed by atoms with van der Waals surface area (Å²) in [6.45, 7) is 9.10. The molecule has 1 saturated heterocycles. The van der Waals surface area contributed by atoms with Crippen LogP contribution < -0.4 is 0 Å². The van der Waals surface area contributed by atoms with Crippen LogP contribution >= 0.6 is 0 Å². The Bertz CT molecular complexity index is 1010. The van der Waals surface area contributed by atoms with Gasteiger partial charge in [0.15, 0.2) is 9.84 Å². The molecule has 0 aromatic carbocycles. The van der Waals surface area contributed by atoms with E-state index in [4.69, 9.17) is 9.47 Å². The van der Waals surface area contributed by atoms with Gasteiger partial charge >= 0.3 is 11.9 Å². The molecular weight excluding hydrogens is 428 g/mol. The normalized spacial score (nSPS) is 41.7. The summed E-state index contributed by atoms with van der Waals surface area (Å²) in [5, 5.41) is -0.922. The standard InChI is InChI=1S/C25H36O6S/c1-23(2)9-7-10-24(3)18(23)8-11-25(4)19(24)14-32(28,29)17-13-15(21(26)30-5)12-16(20(17)25)22(27)31-6/h12-13,17-20H,7-11,14H2,1-6H3/t17?,18-,19+,20?,24-,25+/m0/s1. The Labute approximate surface area is 191 Å². The first-order valence-corrected chi connectivity index (χ1v) is 13.3. The summed E-state index contributed by atoms with van der Waals surface area (Å²) in [5.41, 5.74) is 0.0694. The average Bonchev–Trinajstić information content (AvgIpc) is 2.73. The predicted molar refractivity (Wildman–Crippen MR) is 121 cm³/mol. The fourth-order valence-corrected chi connectivity index (χ4v) is 10.8. The van der Waals surface area contributed by atoms with Gasteiger partial charge in [-0.2, -0.15) is 0 Å². The second-order valence-corrected chi connectivity index (χ2v) is 13.7. The number of sulfone groups is 1. The van der Waals surface area contributed by atoms with Crippen molar-refractivity contribution < 1.29 is 27.5 Å². The van der Waals surface area contributed by atoms with Gasteiger partial charge < -0.3 is 9.47 Å². The second kappa shape index (κ2) is 7.44. The van der Waals surface area contributed by atoms with Crippen molar-refractivity contribution in [3.63, 3.8) is 0 Å². The average molecular weight is 465 g/mol. The lowest BCUT2D eigenvalue weighted by Crippen LogP contribution is -2.64. The van der Waals surface area contributed by atoms with Crippen molar-refractivity contribution in [1.82, 2.24) is 0 Å². The van der Waals surface area contributed by atoms with Gasteiger partial charge in [-0.05, 0) is 59.8 Å². The highest BCUT2D eigenvalue weighted by molar-refractivity contribution is 7.92. The van der Waals surface area contributed by atoms with Crippen LogP contribution in [0.4, 0.5) is 0 Å². The van der Waals surface area contributed by atoms with Crippen molar-refractivity contribution in [2.24, 2.45) is 34.0 Å². The molecule has 7 heteroatoms. The molecule has 0 N–H and O–H groups in total. The molecule has 4 aliphatic rings. The Morgan fingerprint density at radius 3 is 2.22 bits per heavy atom. The molecular formula is C25H36O6S. The van der Waals surface area contributed by atoms with Crippen LogP contribution in [0.25, 0.3) is 0 Å². The first-order valence-electron chi connectivity index (χ1n) is 11.6. The van der Waals surface area contributed by atoms with Gasteiger partial charge in [0.1, 0.15) is 0 Å². The third kappa shape index (κ3) is 3.21. The minimum Gasteiger partial charge on any atom is -0.466 e. The third-order valence-corrected chi connectivity index (χ3v) is 11.6. The van der Waals surface area contributed by atoms with Crippen LogP contribution in [0.1, 0.15) is 59.8 Å². The molecule has 0 aromatic heterocycles. The molecule has 32 heavy (non-hydrogen) atoms. The zero-order valence-corrected chi connectivity index (χ0v) is 20.9. The predicted octanol–water partition coefficient (Wildman–Crippen LogP) is 3.86. The largest absolute Gasteiger partial charge is 0.466 e. The van der Waals surface area contributed by atoms with Gasteiger partial charge in [0, 0.05) is 11.5 Å². The number of methoxy groups -OCH3 is 2. The van der Waals surface area contributed by atoms with Crippen LogP contribution in [0.2, 0.25) is 0 Å². The number of hydrogen-bond acceptors (Lipinski definition) is 6. The maximum absolute atomic E-state index is 13.7. The van der Waals surface area contributed by atoms with Crippen molar-refractivity contribution in [1.29, 1.82) is 0 Å². The van der Waals surface area contributed by atoms with Crippen LogP contribution in [0, 0.1) is 34.0 Å². The van der Waals surface area contributed by atoms with Gasteiger partial charge in [0.2, 0.25) is 0 Å². The van der Waals surface area contributed by atoms with E-state index in [9.17, 15) is 18.0 Å². The Morgan fingerprint density at radius 2 is 1.59 bits per heavy atom. The Hall–Kier alpha value is -1.63. The molecule has 0 amide bonds. The molecule has 3 fully saturated rings. The summed E-state index contributed by atoms with van der Waals surface area (Å²) < 4.78 is 37.4. The fraction of sp³-hybridized carbons (Fsp3) is 0.760. The van der Waals surface area contributed by atoms with Gasteiger partial charge in [-0.25, -0.2) is 18.0 Å². The highest BCUT2D eigenvalue weighted by Gasteiger charge is 2.66. The molecule has 1 heterocycles. The number of carbonyl (C=O) groups is 2. The van der Waals surface area contributed by atoms with Gasteiger partial charge in [-0.1, -0.05) is 40.2 Å². The zero-order chi connectivity index (χ0) is 23.7. The van der Waals surface area contributed by atoms with Gasteiger partial charge in [0.25, 0.3) is 0 Å². The number of ether oxygens (including phenoxy) is 2. The Morgan fingerprint density at radius 1 is 0.938 bits per heavy atom. The quantitative estimate of drug-likeness (QED) is 0.577. The molecule has 3 aliphatic carbocycles. The van der Waals surface area contributed by atoms with E-state index in [1.165, 1.54) is 26.4 Å². The van der Waals surface area contributed by atoms with E-state index in [-0.39, 0.29) is 39.1 Å². The van der Waals surface area contributed by atoms with Crippen LogP contribution in [0.15, 0.2) is 23.3 Å². The molecule has 0 spiro atoms. The van der Waals surface area contributed by atoms with Crippen molar-refractivity contribution >= 4 is 21.8 Å². The minimum absolute atomic E-state index is 0.0549. The first kappa shape index (κ1) is 23.5. The van der Waals surface area contributed by atoms with E-state index in [2.05, 4.69) is 27.7 Å². The van der Waals surface area contributed by atoms with Gasteiger partial charge in [-0.3, -0.25) is 0 Å². The molecule has 1 aliphatic heterocycles. The van der Waals surface area contributed by atoms with E-state index >= 15 is 0 Å². The fourth-order valence-electron chi connectivity index (χ4n) is 8.13. The second-order valence-electron chi connectivity index (χ2n) is 11.5. The van der Waals surface area contributed by atoms with Gasteiger partial charge in [-0.15, -0.1) is 0 Å². The molecule has 2 saturated carbocycles. The van der Waals surface area contributed by atoms with Crippen LogP contribution in [-0.2, 0) is 28.9 Å². The molecule has 0 radical (unpaired) electrons. The van der Waals surface area contributed by atoms with Crippen molar-refractivity contribution in [3.8, 4) is 0 Å². The number of carbonyl (C=O) groups excluding carboxylic acids is 2. The number of esters is 2. The highest BCUT2D eigenvalue weighted by Crippen LogP contribution is 2.69. The molecule has 0 aromatic rings. The maximum atomic E-state index is 13.7. The van der Waals surface area contributed by atoms with Crippen LogP contribution in [0.5, 0.6) is 0 Å². The van der Waals surface area contributed by atoms with E-state index in [1.54, 1.807) is 0 Å². The monoisotopic (exact) mass is 464 g/mol. The summed E-state index contributed by atoms with van der Waals surface area (Å²) >= 11 is 0. The van der Waals surface area contributed by atoms with Crippen molar-refractivity contribution in [2.75, 3.05) is 20.0 Å². The maximum Gasteiger partial charge on any atom is 0.337 e. The summed E-state index contributed by atoms with van der Waals surface area (Å²) in [6.07, 6.45) is 8.14. The molecule has 0 bridgehead atoms. The van der Waals surface area contributed by atoms with Crippen LogP contribution in [0.3, 0.4) is 0 Å². The molecule has 2 unspecified atom stereocenters. The SMILES string of the molecule is COC(=O)C1=CC2C(C(C(=O)OC)=C1)[C@]1(C)CC[C@H]3C(C)(C)CCC[C@]3(C)[C@H]1CS2(=O)=O. The lowest BCUT2D eigenvalue weighted by Gasteiger charge is -2.66. The van der Waals surface area contributed by atoms with E-state index in [0.29, 0.717) is 5.92 Å². The first-order chi connectivity index (χ1) is 14.8. The van der Waals surface area contributed by atoms with E-state index in [0.717, 1.165) is 32.1 Å². The highest BCUT2D eigenvalue weighted by atomic mass is 32.2. The van der Waals surface area contributed by atoms with Crippen molar-refractivity contribution in [3.05, 3.63) is 23.3 Å². The Balaban J connectivity index is 1.89. The lowest BCUT2D eigenvalue weighted by molar-refractivity contribution is -0.146. The molecule has 6 nitrogen and oxygen atoms in total. The molecule has 6 atom stereocenters. The molecule has 178 valence electrons. The lowest BCUT2D eigenvalue weighted by atomic mass is 9.41. The van der Waals surface area contributed by atoms with Gasteiger partial charge in [0.05, 0.1) is 30.8 Å². The number of rotatable bonds is 2. The topological polar surface area (TPSA) is 86.7 Å². The number of hydrogen-bond donors (Lipinski definition) is 0. The smallest absolute Gasteiger partial charge is 0.337 e. The summed E-state index contributed by atoms with van der Waals surface area (Å²) in [4.78, 5) is 25.2.